The molecule has 0 saturated carbocycles. The maximum Gasteiger partial charge on any atom is 0.155 e. The minimum absolute atomic E-state index is 0.972. The van der Waals surface area contributed by atoms with E-state index < -0.39 is 0 Å². The normalized spacial score (nSPS) is 14.4. The van der Waals surface area contributed by atoms with Gasteiger partial charge >= 0.3 is 0 Å². The van der Waals surface area contributed by atoms with E-state index in [2.05, 4.69) is 32.3 Å². The Morgan fingerprint density at radius 1 is 0.950 bits per heavy atom. The summed E-state index contributed by atoms with van der Waals surface area (Å²) in [7, 11) is 0. The molecule has 20 heavy (non-hydrogen) atoms. The molecule has 106 valence electrons. The molecule has 4 heteroatoms. The average Bonchev–Trinajstić information content (AvgIpc) is 2.58. The standard InChI is InChI=1S/C14H16N4.C2H6/c1-2-4-12(5-3-1)13-14(17-7-6-16-13)18-10-8-15-9-11-18;1-2/h1-7,15H,8-11H2;1-2H3. The van der Waals surface area contributed by atoms with Gasteiger partial charge in [-0.25, -0.2) is 4.98 Å². The van der Waals surface area contributed by atoms with E-state index in [1.165, 1.54) is 0 Å². The van der Waals surface area contributed by atoms with Crippen LogP contribution in [0.15, 0.2) is 42.7 Å². The molecule has 1 aromatic heterocycles. The fourth-order valence-electron chi connectivity index (χ4n) is 2.24. The zero-order chi connectivity index (χ0) is 14.2. The van der Waals surface area contributed by atoms with Gasteiger partial charge in [-0.3, -0.25) is 4.98 Å². The number of rotatable bonds is 2. The maximum atomic E-state index is 4.51. The first-order chi connectivity index (χ1) is 9.95. The Labute approximate surface area is 120 Å². The van der Waals surface area contributed by atoms with Crippen LogP contribution < -0.4 is 10.2 Å². The van der Waals surface area contributed by atoms with Crippen LogP contribution in [0.4, 0.5) is 5.82 Å². The molecule has 0 unspecified atom stereocenters. The summed E-state index contributed by atoms with van der Waals surface area (Å²) in [4.78, 5) is 11.3. The summed E-state index contributed by atoms with van der Waals surface area (Å²) in [6.07, 6.45) is 3.53. The molecule has 1 aliphatic rings. The van der Waals surface area contributed by atoms with Gasteiger partial charge in [0.05, 0.1) is 0 Å². The van der Waals surface area contributed by atoms with Crippen LogP contribution in [0.5, 0.6) is 0 Å². The van der Waals surface area contributed by atoms with E-state index in [1.54, 1.807) is 12.4 Å². The predicted molar refractivity (Wildman–Crippen MR) is 83.9 cm³/mol. The molecule has 2 heterocycles. The van der Waals surface area contributed by atoms with Crippen LogP contribution in [0.25, 0.3) is 11.3 Å². The number of benzene rings is 1. The quantitative estimate of drug-likeness (QED) is 0.910. The first-order valence-corrected chi connectivity index (χ1v) is 7.27. The summed E-state index contributed by atoms with van der Waals surface area (Å²) < 4.78 is 0. The van der Waals surface area contributed by atoms with Gasteiger partial charge in [0.1, 0.15) is 5.69 Å². The Morgan fingerprint density at radius 3 is 2.30 bits per heavy atom. The molecule has 0 atom stereocenters. The second-order valence-electron chi connectivity index (χ2n) is 4.33. The van der Waals surface area contributed by atoms with Crippen molar-refractivity contribution in [2.45, 2.75) is 13.8 Å². The van der Waals surface area contributed by atoms with E-state index in [0.29, 0.717) is 0 Å². The van der Waals surface area contributed by atoms with E-state index in [1.807, 2.05) is 32.0 Å². The fourth-order valence-corrected chi connectivity index (χ4v) is 2.24. The van der Waals surface area contributed by atoms with Crippen molar-refractivity contribution in [3.05, 3.63) is 42.7 Å². The molecular formula is C16H22N4. The number of piperazine rings is 1. The van der Waals surface area contributed by atoms with Crippen LogP contribution in [0, 0.1) is 0 Å². The molecule has 3 rings (SSSR count). The maximum absolute atomic E-state index is 4.51. The fraction of sp³-hybridized carbons (Fsp3) is 0.375. The van der Waals surface area contributed by atoms with Crippen molar-refractivity contribution in [2.24, 2.45) is 0 Å². The lowest BCUT2D eigenvalue weighted by molar-refractivity contribution is 0.585. The molecule has 0 aliphatic carbocycles. The highest BCUT2D eigenvalue weighted by Crippen LogP contribution is 2.26. The third-order valence-corrected chi connectivity index (χ3v) is 3.14. The highest BCUT2D eigenvalue weighted by molar-refractivity contribution is 5.71. The summed E-state index contributed by atoms with van der Waals surface area (Å²) >= 11 is 0. The van der Waals surface area contributed by atoms with Gasteiger partial charge in [0.25, 0.3) is 0 Å². The summed E-state index contributed by atoms with van der Waals surface area (Å²) in [5.41, 5.74) is 2.10. The van der Waals surface area contributed by atoms with Gasteiger partial charge in [-0.1, -0.05) is 44.2 Å². The molecule has 0 radical (unpaired) electrons. The molecule has 4 nitrogen and oxygen atoms in total. The van der Waals surface area contributed by atoms with Crippen LogP contribution in [-0.2, 0) is 0 Å². The summed E-state index contributed by atoms with van der Waals surface area (Å²) in [5.74, 6) is 0.991. The third-order valence-electron chi connectivity index (χ3n) is 3.14. The SMILES string of the molecule is CC.c1ccc(-c2nccnc2N2CCNCC2)cc1. The Balaban J connectivity index is 0.000000704. The third kappa shape index (κ3) is 3.33. The zero-order valence-corrected chi connectivity index (χ0v) is 12.2. The molecule has 2 aromatic rings. The van der Waals surface area contributed by atoms with E-state index in [9.17, 15) is 0 Å². The smallest absolute Gasteiger partial charge is 0.155 e. The van der Waals surface area contributed by atoms with E-state index in [0.717, 1.165) is 43.3 Å². The van der Waals surface area contributed by atoms with Crippen LogP contribution in [0.1, 0.15) is 13.8 Å². The molecule has 1 fully saturated rings. The van der Waals surface area contributed by atoms with Gasteiger partial charge < -0.3 is 10.2 Å². The van der Waals surface area contributed by atoms with Crippen molar-refractivity contribution in [3.8, 4) is 11.3 Å². The second-order valence-corrected chi connectivity index (χ2v) is 4.33. The molecule has 1 N–H and O–H groups in total. The number of nitrogens with one attached hydrogen (secondary N) is 1. The lowest BCUT2D eigenvalue weighted by Gasteiger charge is -2.29. The number of hydrogen-bond donors (Lipinski definition) is 1. The topological polar surface area (TPSA) is 41.1 Å². The monoisotopic (exact) mass is 270 g/mol. The van der Waals surface area contributed by atoms with Gasteiger partial charge in [-0.2, -0.15) is 0 Å². The van der Waals surface area contributed by atoms with Crippen molar-refractivity contribution in [3.63, 3.8) is 0 Å². The Hall–Kier alpha value is -1.94. The zero-order valence-electron chi connectivity index (χ0n) is 12.2. The molecule has 0 amide bonds. The van der Waals surface area contributed by atoms with Crippen molar-refractivity contribution < 1.29 is 0 Å². The largest absolute Gasteiger partial charge is 0.352 e. The van der Waals surface area contributed by atoms with E-state index in [-0.39, 0.29) is 0 Å². The Bertz CT molecular complexity index is 507. The number of aromatic nitrogens is 2. The summed E-state index contributed by atoms with van der Waals surface area (Å²) in [6.45, 7) is 7.98. The van der Waals surface area contributed by atoms with Crippen LogP contribution in [0.2, 0.25) is 0 Å². The van der Waals surface area contributed by atoms with Crippen molar-refractivity contribution in [2.75, 3.05) is 31.1 Å². The summed E-state index contributed by atoms with van der Waals surface area (Å²) in [6, 6.07) is 10.2. The molecule has 1 aliphatic heterocycles. The number of anilines is 1. The van der Waals surface area contributed by atoms with Gasteiger partial charge in [0.15, 0.2) is 5.82 Å². The minimum Gasteiger partial charge on any atom is -0.352 e. The van der Waals surface area contributed by atoms with Gasteiger partial charge in [0.2, 0.25) is 0 Å². The summed E-state index contributed by atoms with van der Waals surface area (Å²) in [5, 5.41) is 3.35. The van der Waals surface area contributed by atoms with Gasteiger partial charge in [0, 0.05) is 44.1 Å². The van der Waals surface area contributed by atoms with Crippen LogP contribution in [0.3, 0.4) is 0 Å². The van der Waals surface area contributed by atoms with E-state index in [4.69, 9.17) is 0 Å². The Morgan fingerprint density at radius 2 is 1.60 bits per heavy atom. The van der Waals surface area contributed by atoms with Crippen LogP contribution in [-0.4, -0.2) is 36.1 Å². The van der Waals surface area contributed by atoms with Gasteiger partial charge in [-0.15, -0.1) is 0 Å². The first-order valence-electron chi connectivity index (χ1n) is 7.27. The number of nitrogens with zero attached hydrogens (tertiary/aromatic N) is 3. The minimum atomic E-state index is 0.972. The predicted octanol–water partition coefficient (Wildman–Crippen LogP) is 2.58. The van der Waals surface area contributed by atoms with Crippen molar-refractivity contribution in [1.82, 2.24) is 15.3 Å². The van der Waals surface area contributed by atoms with Crippen LogP contribution >= 0.6 is 0 Å². The molecule has 0 bridgehead atoms. The molecule has 0 spiro atoms. The average molecular weight is 270 g/mol. The second kappa shape index (κ2) is 7.60. The van der Waals surface area contributed by atoms with Crippen molar-refractivity contribution >= 4 is 5.82 Å². The first kappa shape index (κ1) is 14.5. The molecular weight excluding hydrogens is 248 g/mol. The highest BCUT2D eigenvalue weighted by Gasteiger charge is 2.16. The lowest BCUT2D eigenvalue weighted by atomic mass is 10.1. The lowest BCUT2D eigenvalue weighted by Crippen LogP contribution is -2.44. The van der Waals surface area contributed by atoms with Gasteiger partial charge in [-0.05, 0) is 0 Å². The highest BCUT2D eigenvalue weighted by atomic mass is 15.2. The Kier molecular flexibility index (Phi) is 5.50. The molecule has 1 saturated heterocycles. The number of hydrogen-bond acceptors (Lipinski definition) is 4. The molecule has 1 aromatic carbocycles. The van der Waals surface area contributed by atoms with Crippen molar-refractivity contribution in [1.29, 1.82) is 0 Å². The van der Waals surface area contributed by atoms with E-state index >= 15 is 0 Å².